The molecule has 0 aliphatic rings. The zero-order valence-corrected chi connectivity index (χ0v) is 19.0. The molecule has 2 amide bonds. The van der Waals surface area contributed by atoms with Crippen LogP contribution in [0.3, 0.4) is 0 Å². The molecule has 10 heteroatoms. The van der Waals surface area contributed by atoms with E-state index in [4.69, 9.17) is 33.2 Å². The number of amides is 2. The van der Waals surface area contributed by atoms with E-state index in [1.54, 1.807) is 24.3 Å². The van der Waals surface area contributed by atoms with E-state index in [1.165, 1.54) is 16.2 Å². The lowest BCUT2D eigenvalue weighted by molar-refractivity contribution is -0.146. The van der Waals surface area contributed by atoms with Crippen molar-refractivity contribution in [2.75, 3.05) is 24.6 Å². The number of halogens is 2. The van der Waals surface area contributed by atoms with Gasteiger partial charge in [0.25, 0.3) is 11.8 Å². The van der Waals surface area contributed by atoms with Gasteiger partial charge in [-0.3, -0.25) is 14.4 Å². The number of ether oxygens (including phenoxy) is 1. The number of anilines is 1. The first-order chi connectivity index (χ1) is 15.4. The molecule has 32 heavy (non-hydrogen) atoms. The maximum Gasteiger partial charge on any atom is 0.325 e. The lowest BCUT2D eigenvalue weighted by Crippen LogP contribution is -2.37. The van der Waals surface area contributed by atoms with Crippen LogP contribution in [0.25, 0.3) is 10.1 Å². The Hall–Kier alpha value is -3.12. The Balaban J connectivity index is 1.55. The zero-order valence-electron chi connectivity index (χ0n) is 16.6. The molecule has 0 aliphatic heterocycles. The monoisotopic (exact) mass is 489 g/mol. The molecule has 7 nitrogen and oxygen atoms in total. The molecule has 0 aliphatic carbocycles. The summed E-state index contributed by atoms with van der Waals surface area (Å²) in [5, 5.41) is 12.8. The molecule has 164 valence electrons. The molecule has 1 heterocycles. The highest BCUT2D eigenvalue weighted by molar-refractivity contribution is 7.21. The van der Waals surface area contributed by atoms with Crippen molar-refractivity contribution in [1.29, 1.82) is 5.26 Å². The van der Waals surface area contributed by atoms with Crippen molar-refractivity contribution < 1.29 is 19.1 Å². The summed E-state index contributed by atoms with van der Waals surface area (Å²) in [7, 11) is 0. The van der Waals surface area contributed by atoms with E-state index in [0.717, 1.165) is 10.1 Å². The Morgan fingerprint density at radius 3 is 2.62 bits per heavy atom. The molecule has 0 spiro atoms. The first-order valence-corrected chi connectivity index (χ1v) is 11.0. The first kappa shape index (κ1) is 23.5. The molecular formula is C22H17Cl2N3O4S. The molecule has 0 atom stereocenters. The minimum atomic E-state index is -0.782. The summed E-state index contributed by atoms with van der Waals surface area (Å²) in [5.41, 5.74) is 0.488. The second-order valence-corrected chi connectivity index (χ2v) is 8.38. The topological polar surface area (TPSA) is 99.5 Å². The third-order valence-corrected chi connectivity index (χ3v) is 6.27. The highest BCUT2D eigenvalue weighted by Gasteiger charge is 2.20. The van der Waals surface area contributed by atoms with Crippen molar-refractivity contribution >= 4 is 68.1 Å². The van der Waals surface area contributed by atoms with Crippen LogP contribution in [0.15, 0.2) is 48.5 Å². The van der Waals surface area contributed by atoms with Crippen molar-refractivity contribution in [2.45, 2.75) is 6.42 Å². The molecule has 3 rings (SSSR count). The fourth-order valence-corrected chi connectivity index (χ4v) is 4.49. The molecular weight excluding hydrogens is 473 g/mol. The fraction of sp³-hybridized carbons (Fsp3) is 0.182. The smallest absolute Gasteiger partial charge is 0.325 e. The molecule has 0 saturated heterocycles. The molecule has 0 unspecified atom stereocenters. The third-order valence-electron chi connectivity index (χ3n) is 4.36. The average molecular weight is 490 g/mol. The molecule has 0 saturated carbocycles. The summed E-state index contributed by atoms with van der Waals surface area (Å²) < 4.78 is 5.86. The summed E-state index contributed by atoms with van der Waals surface area (Å²) in [4.78, 5) is 38.6. The number of hydrogen-bond acceptors (Lipinski definition) is 6. The Bertz CT molecular complexity index is 1210. The largest absolute Gasteiger partial charge is 0.454 e. The van der Waals surface area contributed by atoms with Crippen LogP contribution in [0.1, 0.15) is 16.1 Å². The number of nitrogens with one attached hydrogen (secondary N) is 1. The van der Waals surface area contributed by atoms with Crippen molar-refractivity contribution in [2.24, 2.45) is 0 Å². The van der Waals surface area contributed by atoms with Gasteiger partial charge in [0.1, 0.15) is 11.4 Å². The quantitative estimate of drug-likeness (QED) is 0.471. The van der Waals surface area contributed by atoms with Crippen LogP contribution in [0.5, 0.6) is 0 Å². The fourth-order valence-electron chi connectivity index (χ4n) is 2.87. The molecule has 1 N–H and O–H groups in total. The van der Waals surface area contributed by atoms with Gasteiger partial charge < -0.3 is 15.0 Å². The molecule has 0 radical (unpaired) electrons. The SMILES string of the molecule is N#CCCN(C(=O)COC(=O)CNC(=O)c1sc2ccccc2c1Cl)c1cccc(Cl)c1. The number of esters is 1. The summed E-state index contributed by atoms with van der Waals surface area (Å²) >= 11 is 13.5. The van der Waals surface area contributed by atoms with Crippen LogP contribution in [0.4, 0.5) is 5.69 Å². The van der Waals surface area contributed by atoms with E-state index in [1.807, 2.05) is 30.3 Å². The molecule has 1 aromatic heterocycles. The number of benzene rings is 2. The normalized spacial score (nSPS) is 10.4. The first-order valence-electron chi connectivity index (χ1n) is 9.44. The van der Waals surface area contributed by atoms with E-state index in [2.05, 4.69) is 5.32 Å². The highest BCUT2D eigenvalue weighted by Crippen LogP contribution is 2.34. The summed E-state index contributed by atoms with van der Waals surface area (Å²) in [6.45, 7) is -0.850. The van der Waals surface area contributed by atoms with Gasteiger partial charge in [0, 0.05) is 27.3 Å². The number of fused-ring (bicyclic) bond motifs is 1. The average Bonchev–Trinajstić information content (AvgIpc) is 3.13. The zero-order chi connectivity index (χ0) is 23.1. The number of thiophene rings is 1. The maximum absolute atomic E-state index is 12.6. The number of hydrogen-bond donors (Lipinski definition) is 1. The van der Waals surface area contributed by atoms with E-state index in [9.17, 15) is 14.4 Å². The summed E-state index contributed by atoms with van der Waals surface area (Å²) in [6, 6.07) is 15.9. The predicted octanol–water partition coefficient (Wildman–Crippen LogP) is 4.43. The van der Waals surface area contributed by atoms with Crippen LogP contribution in [-0.4, -0.2) is 37.5 Å². The van der Waals surface area contributed by atoms with Crippen molar-refractivity contribution in [3.05, 3.63) is 63.5 Å². The minimum absolute atomic E-state index is 0.0954. The molecule has 2 aromatic carbocycles. The van der Waals surface area contributed by atoms with Crippen molar-refractivity contribution in [1.82, 2.24) is 5.32 Å². The summed E-state index contributed by atoms with van der Waals surface area (Å²) in [5.74, 6) is -1.81. The van der Waals surface area contributed by atoms with Gasteiger partial charge in [0.15, 0.2) is 6.61 Å². The van der Waals surface area contributed by atoms with Gasteiger partial charge >= 0.3 is 5.97 Å². The molecule has 3 aromatic rings. The summed E-state index contributed by atoms with van der Waals surface area (Å²) in [6.07, 6.45) is 0.0954. The van der Waals surface area contributed by atoms with Crippen LogP contribution in [0, 0.1) is 11.3 Å². The Labute approximate surface area is 198 Å². The second kappa shape index (κ2) is 11.0. The van der Waals surface area contributed by atoms with Crippen LogP contribution < -0.4 is 10.2 Å². The lowest BCUT2D eigenvalue weighted by Gasteiger charge is -2.21. The van der Waals surface area contributed by atoms with Gasteiger partial charge in [-0.1, -0.05) is 47.5 Å². The Morgan fingerprint density at radius 1 is 1.12 bits per heavy atom. The number of nitrogens with zero attached hydrogens (tertiary/aromatic N) is 2. The van der Waals surface area contributed by atoms with Gasteiger partial charge in [0.05, 0.1) is 17.5 Å². The Kier molecular flexibility index (Phi) is 8.06. The van der Waals surface area contributed by atoms with Crippen molar-refractivity contribution in [3.8, 4) is 6.07 Å². The number of carbonyl (C=O) groups excluding carboxylic acids is 3. The van der Waals surface area contributed by atoms with Crippen LogP contribution in [0.2, 0.25) is 10.0 Å². The maximum atomic E-state index is 12.6. The predicted molar refractivity (Wildman–Crippen MR) is 124 cm³/mol. The van der Waals surface area contributed by atoms with Gasteiger partial charge in [-0.2, -0.15) is 5.26 Å². The van der Waals surface area contributed by atoms with Gasteiger partial charge in [-0.05, 0) is 24.3 Å². The van der Waals surface area contributed by atoms with E-state index in [0.29, 0.717) is 20.6 Å². The number of carbonyl (C=O) groups is 3. The van der Waals surface area contributed by atoms with Crippen molar-refractivity contribution in [3.63, 3.8) is 0 Å². The van der Waals surface area contributed by atoms with Gasteiger partial charge in [-0.25, -0.2) is 0 Å². The lowest BCUT2D eigenvalue weighted by atomic mass is 10.2. The number of rotatable bonds is 8. The number of nitriles is 1. The highest BCUT2D eigenvalue weighted by atomic mass is 35.5. The minimum Gasteiger partial charge on any atom is -0.454 e. The van der Waals surface area contributed by atoms with Crippen LogP contribution >= 0.6 is 34.5 Å². The van der Waals surface area contributed by atoms with Gasteiger partial charge in [0.2, 0.25) is 0 Å². The van der Waals surface area contributed by atoms with E-state index < -0.39 is 30.9 Å². The standard InChI is InChI=1S/C22H17Cl2N3O4S/c23-14-5-3-6-15(11-14)27(10-4-9-25)18(28)13-31-19(29)12-26-22(30)21-20(24)16-7-1-2-8-17(16)32-21/h1-3,5-8,11H,4,10,12-13H2,(H,26,30). The Morgan fingerprint density at radius 2 is 1.91 bits per heavy atom. The van der Waals surface area contributed by atoms with Crippen LogP contribution in [-0.2, 0) is 14.3 Å². The van der Waals surface area contributed by atoms with E-state index >= 15 is 0 Å². The van der Waals surface area contributed by atoms with Gasteiger partial charge in [-0.15, -0.1) is 11.3 Å². The second-order valence-electron chi connectivity index (χ2n) is 6.52. The molecule has 0 fully saturated rings. The molecule has 0 bridgehead atoms. The third kappa shape index (κ3) is 5.77. The van der Waals surface area contributed by atoms with E-state index in [-0.39, 0.29) is 13.0 Å².